The van der Waals surface area contributed by atoms with Crippen LogP contribution in [0.2, 0.25) is 10.0 Å². The lowest BCUT2D eigenvalue weighted by Gasteiger charge is -2.15. The molecule has 1 aliphatic heterocycles. The Balaban J connectivity index is 1.55. The summed E-state index contributed by atoms with van der Waals surface area (Å²) in [6.07, 6.45) is 1.57. The van der Waals surface area contributed by atoms with Crippen LogP contribution in [0.15, 0.2) is 66.4 Å². The van der Waals surface area contributed by atoms with Crippen molar-refractivity contribution in [1.29, 1.82) is 0 Å². The van der Waals surface area contributed by atoms with Gasteiger partial charge in [0.25, 0.3) is 5.91 Å². The van der Waals surface area contributed by atoms with Gasteiger partial charge in [0.15, 0.2) is 11.5 Å². The largest absolute Gasteiger partial charge is 0.490 e. The summed E-state index contributed by atoms with van der Waals surface area (Å²) in [4.78, 5) is 26.6. The molecule has 3 aromatic carbocycles. The van der Waals surface area contributed by atoms with E-state index in [2.05, 4.69) is 5.32 Å². The highest BCUT2D eigenvalue weighted by molar-refractivity contribution is 6.32. The predicted molar refractivity (Wildman–Crippen MR) is 137 cm³/mol. The standard InChI is InChI=1S/C27H24Cl2N2O4/c1-3-34-24-14-19(12-22(29)25(24)35-16-20-6-4-5-7-21(20)28)13-23-26(32)31(27(33)30-23)15-18-10-8-17(2)9-11-18/h4-14H,3,15-16H2,1-2H3,(H,30,33)/b23-13+. The summed E-state index contributed by atoms with van der Waals surface area (Å²) in [6.45, 7) is 4.61. The molecule has 180 valence electrons. The van der Waals surface area contributed by atoms with Gasteiger partial charge in [-0.05, 0) is 49.2 Å². The van der Waals surface area contributed by atoms with Crippen LogP contribution in [0.3, 0.4) is 0 Å². The molecule has 1 saturated heterocycles. The van der Waals surface area contributed by atoms with Crippen LogP contribution in [-0.2, 0) is 17.9 Å². The fraction of sp³-hybridized carbons (Fsp3) is 0.185. The molecule has 0 aliphatic carbocycles. The first kappa shape index (κ1) is 24.6. The van der Waals surface area contributed by atoms with Crippen molar-refractivity contribution in [3.63, 3.8) is 0 Å². The SMILES string of the molecule is CCOc1cc(/C=C2/NC(=O)N(Cc3ccc(C)cc3)C2=O)cc(Cl)c1OCc1ccccc1Cl. The second kappa shape index (κ2) is 10.8. The highest BCUT2D eigenvalue weighted by Crippen LogP contribution is 2.38. The number of amides is 3. The van der Waals surface area contributed by atoms with E-state index in [4.69, 9.17) is 32.7 Å². The fourth-order valence-corrected chi connectivity index (χ4v) is 4.06. The first-order valence-corrected chi connectivity index (χ1v) is 11.8. The van der Waals surface area contributed by atoms with E-state index in [0.717, 1.165) is 16.7 Å². The molecule has 0 atom stereocenters. The number of nitrogens with one attached hydrogen (secondary N) is 1. The van der Waals surface area contributed by atoms with Gasteiger partial charge in [0, 0.05) is 10.6 Å². The Labute approximate surface area is 214 Å². The van der Waals surface area contributed by atoms with Crippen molar-refractivity contribution >= 4 is 41.2 Å². The third kappa shape index (κ3) is 5.78. The zero-order valence-electron chi connectivity index (χ0n) is 19.3. The highest BCUT2D eigenvalue weighted by Gasteiger charge is 2.33. The summed E-state index contributed by atoms with van der Waals surface area (Å²) in [7, 11) is 0. The first-order valence-electron chi connectivity index (χ1n) is 11.1. The Morgan fingerprint density at radius 2 is 1.71 bits per heavy atom. The van der Waals surface area contributed by atoms with E-state index >= 15 is 0 Å². The number of nitrogens with zero attached hydrogens (tertiary/aromatic N) is 1. The molecule has 3 amide bonds. The number of aryl methyl sites for hydroxylation is 1. The number of imide groups is 1. The summed E-state index contributed by atoms with van der Waals surface area (Å²) < 4.78 is 11.7. The molecule has 1 aliphatic rings. The third-order valence-corrected chi connectivity index (χ3v) is 6.05. The maximum Gasteiger partial charge on any atom is 0.329 e. The van der Waals surface area contributed by atoms with Gasteiger partial charge in [0.2, 0.25) is 0 Å². The van der Waals surface area contributed by atoms with Crippen LogP contribution in [0.5, 0.6) is 11.5 Å². The molecule has 3 aromatic rings. The van der Waals surface area contributed by atoms with E-state index in [1.54, 1.807) is 24.3 Å². The first-order chi connectivity index (χ1) is 16.9. The monoisotopic (exact) mass is 510 g/mol. The van der Waals surface area contributed by atoms with Gasteiger partial charge in [-0.25, -0.2) is 4.79 Å². The molecule has 6 nitrogen and oxygen atoms in total. The lowest BCUT2D eigenvalue weighted by atomic mass is 10.1. The molecule has 4 rings (SSSR count). The second-order valence-corrected chi connectivity index (χ2v) is 8.82. The van der Waals surface area contributed by atoms with Gasteiger partial charge in [-0.3, -0.25) is 9.69 Å². The highest BCUT2D eigenvalue weighted by atomic mass is 35.5. The molecule has 0 aromatic heterocycles. The van der Waals surface area contributed by atoms with Gasteiger partial charge < -0.3 is 14.8 Å². The van der Waals surface area contributed by atoms with Crippen molar-refractivity contribution in [2.24, 2.45) is 0 Å². The Morgan fingerprint density at radius 3 is 2.43 bits per heavy atom. The van der Waals surface area contributed by atoms with E-state index in [0.29, 0.717) is 33.7 Å². The second-order valence-electron chi connectivity index (χ2n) is 8.01. The summed E-state index contributed by atoms with van der Waals surface area (Å²) in [6, 6.07) is 17.9. The van der Waals surface area contributed by atoms with E-state index in [9.17, 15) is 9.59 Å². The van der Waals surface area contributed by atoms with E-state index in [1.807, 2.05) is 56.3 Å². The van der Waals surface area contributed by atoms with Gasteiger partial charge in [0.1, 0.15) is 12.3 Å². The molecule has 0 radical (unpaired) electrons. The van der Waals surface area contributed by atoms with Crippen LogP contribution < -0.4 is 14.8 Å². The van der Waals surface area contributed by atoms with E-state index in [-0.39, 0.29) is 18.8 Å². The Hall–Kier alpha value is -3.48. The van der Waals surface area contributed by atoms with Gasteiger partial charge in [-0.15, -0.1) is 0 Å². The fourth-order valence-electron chi connectivity index (χ4n) is 3.60. The predicted octanol–water partition coefficient (Wildman–Crippen LogP) is 6.37. The number of rotatable bonds is 8. The topological polar surface area (TPSA) is 67.9 Å². The van der Waals surface area contributed by atoms with Gasteiger partial charge >= 0.3 is 6.03 Å². The smallest absolute Gasteiger partial charge is 0.329 e. The Kier molecular flexibility index (Phi) is 7.63. The molecule has 8 heteroatoms. The number of ether oxygens (including phenoxy) is 2. The maximum absolute atomic E-state index is 12.9. The van der Waals surface area contributed by atoms with Gasteiger partial charge in [-0.2, -0.15) is 0 Å². The summed E-state index contributed by atoms with van der Waals surface area (Å²) >= 11 is 12.7. The lowest BCUT2D eigenvalue weighted by molar-refractivity contribution is -0.123. The minimum atomic E-state index is -0.474. The molecular weight excluding hydrogens is 487 g/mol. The minimum absolute atomic E-state index is 0.158. The van der Waals surface area contributed by atoms with Crippen LogP contribution >= 0.6 is 23.2 Å². The molecular formula is C27H24Cl2N2O4. The normalized spacial score (nSPS) is 14.4. The van der Waals surface area contributed by atoms with Crippen molar-refractivity contribution in [2.75, 3.05) is 6.61 Å². The zero-order valence-corrected chi connectivity index (χ0v) is 20.8. The van der Waals surface area contributed by atoms with Crippen molar-refractivity contribution in [3.8, 4) is 11.5 Å². The number of hydrogen-bond donors (Lipinski definition) is 1. The lowest BCUT2D eigenvalue weighted by Crippen LogP contribution is -2.30. The molecule has 1 fully saturated rings. The van der Waals surface area contributed by atoms with Crippen molar-refractivity contribution in [1.82, 2.24) is 10.2 Å². The molecule has 1 heterocycles. The number of carbonyl (C=O) groups excluding carboxylic acids is 2. The van der Waals surface area contributed by atoms with Crippen LogP contribution in [0.25, 0.3) is 6.08 Å². The van der Waals surface area contributed by atoms with Crippen LogP contribution in [0.1, 0.15) is 29.2 Å². The van der Waals surface area contributed by atoms with Crippen LogP contribution in [0, 0.1) is 6.92 Å². The number of hydrogen-bond acceptors (Lipinski definition) is 4. The minimum Gasteiger partial charge on any atom is -0.490 e. The zero-order chi connectivity index (χ0) is 24.9. The van der Waals surface area contributed by atoms with Crippen molar-refractivity contribution < 1.29 is 19.1 Å². The molecule has 0 saturated carbocycles. The van der Waals surface area contributed by atoms with Gasteiger partial charge in [-0.1, -0.05) is 71.2 Å². The van der Waals surface area contributed by atoms with Gasteiger partial charge in [0.05, 0.1) is 18.2 Å². The molecule has 1 N–H and O–H groups in total. The van der Waals surface area contributed by atoms with E-state index in [1.165, 1.54) is 4.90 Å². The molecule has 0 spiro atoms. The molecule has 0 unspecified atom stereocenters. The number of benzene rings is 3. The van der Waals surface area contributed by atoms with Crippen LogP contribution in [0.4, 0.5) is 4.79 Å². The summed E-state index contributed by atoms with van der Waals surface area (Å²) in [5, 5.41) is 3.54. The molecule has 35 heavy (non-hydrogen) atoms. The molecule has 0 bridgehead atoms. The average molecular weight is 511 g/mol. The number of carbonyl (C=O) groups is 2. The third-order valence-electron chi connectivity index (χ3n) is 5.40. The summed E-state index contributed by atoms with van der Waals surface area (Å²) in [5.41, 5.74) is 3.52. The quantitative estimate of drug-likeness (QED) is 0.282. The number of urea groups is 1. The van der Waals surface area contributed by atoms with Crippen molar-refractivity contribution in [3.05, 3.63) is 98.7 Å². The van der Waals surface area contributed by atoms with Crippen molar-refractivity contribution in [2.45, 2.75) is 27.0 Å². The average Bonchev–Trinajstić information content (AvgIpc) is 3.08. The van der Waals surface area contributed by atoms with E-state index < -0.39 is 11.9 Å². The maximum atomic E-state index is 12.9. The Morgan fingerprint density at radius 1 is 0.971 bits per heavy atom. The summed E-state index contributed by atoms with van der Waals surface area (Å²) in [5.74, 6) is 0.384. The van der Waals surface area contributed by atoms with Crippen LogP contribution in [-0.4, -0.2) is 23.4 Å². The Bertz CT molecular complexity index is 1290. The number of halogens is 2.